The van der Waals surface area contributed by atoms with E-state index in [1.807, 2.05) is 112 Å². The predicted octanol–water partition coefficient (Wildman–Crippen LogP) is 14.4. The Morgan fingerprint density at radius 1 is 0.311 bits per heavy atom. The molecule has 2 heterocycles. The van der Waals surface area contributed by atoms with Crippen LogP contribution < -0.4 is 0 Å². The summed E-state index contributed by atoms with van der Waals surface area (Å²) in [6.07, 6.45) is 0. The lowest BCUT2D eigenvalue weighted by Gasteiger charge is -2.17. The predicted molar refractivity (Wildman–Crippen MR) is 246 cm³/mol. The molecule has 0 aliphatic carbocycles. The Balaban J connectivity index is 1.22. The topological polar surface area (TPSA) is 57.4 Å². The van der Waals surface area contributed by atoms with Crippen molar-refractivity contribution in [2.24, 2.45) is 0 Å². The molecule has 61 heavy (non-hydrogen) atoms. The fourth-order valence-electron chi connectivity index (χ4n) is 9.00. The van der Waals surface area contributed by atoms with Gasteiger partial charge in [-0.2, -0.15) is 10.5 Å². The first kappa shape index (κ1) is 35.6. The highest BCUT2D eigenvalue weighted by atomic mass is 19.1. The highest BCUT2D eigenvalue weighted by Gasteiger charge is 2.26. The van der Waals surface area contributed by atoms with Crippen LogP contribution in [0.2, 0.25) is 0 Å². The Kier molecular flexibility index (Phi) is 8.41. The molecule has 0 atom stereocenters. The summed E-state index contributed by atoms with van der Waals surface area (Å²) < 4.78 is 21.2. The smallest absolute Gasteiger partial charge is 0.162 e. The summed E-state index contributed by atoms with van der Waals surface area (Å²) in [5, 5.41) is 25.4. The minimum absolute atomic E-state index is 0.197. The molecule has 5 heteroatoms. The van der Waals surface area contributed by atoms with Crippen molar-refractivity contribution < 1.29 is 4.39 Å². The normalized spacial score (nSPS) is 11.3. The Morgan fingerprint density at radius 2 is 0.574 bits per heavy atom. The van der Waals surface area contributed by atoms with E-state index < -0.39 is 5.82 Å². The fraction of sp³-hybridized carbons (Fsp3) is 0. The summed E-state index contributed by atoms with van der Waals surface area (Å²) in [6.45, 7) is 0. The van der Waals surface area contributed by atoms with E-state index in [9.17, 15) is 10.5 Å². The van der Waals surface area contributed by atoms with E-state index in [-0.39, 0.29) is 11.1 Å². The average molecular weight is 781 g/mol. The van der Waals surface area contributed by atoms with Gasteiger partial charge >= 0.3 is 0 Å². The van der Waals surface area contributed by atoms with Gasteiger partial charge in [0.05, 0.1) is 33.4 Å². The lowest BCUT2D eigenvalue weighted by molar-refractivity contribution is 0.618. The molecule has 0 N–H and O–H groups in total. The molecule has 0 spiro atoms. The lowest BCUT2D eigenvalue weighted by atomic mass is 10.0. The molecule has 284 valence electrons. The van der Waals surface area contributed by atoms with Crippen molar-refractivity contribution in [1.82, 2.24) is 9.13 Å². The summed E-state index contributed by atoms with van der Waals surface area (Å²) in [6, 6.07) is 72.2. The second-order valence-corrected chi connectivity index (χ2v) is 15.3. The van der Waals surface area contributed by atoms with Gasteiger partial charge in [0, 0.05) is 21.5 Å². The van der Waals surface area contributed by atoms with Gasteiger partial charge < -0.3 is 9.13 Å². The third-order valence-corrected chi connectivity index (χ3v) is 11.9. The zero-order valence-corrected chi connectivity index (χ0v) is 32.7. The number of fused-ring (bicyclic) bond motifs is 6. The van der Waals surface area contributed by atoms with E-state index in [2.05, 4.69) is 109 Å². The summed E-state index contributed by atoms with van der Waals surface area (Å²) >= 11 is 0. The highest BCUT2D eigenvalue weighted by molar-refractivity contribution is 6.13. The van der Waals surface area contributed by atoms with Crippen LogP contribution in [0.4, 0.5) is 4.39 Å². The molecule has 0 fully saturated rings. The number of hydrogen-bond donors (Lipinski definition) is 0. The van der Waals surface area contributed by atoms with E-state index in [0.29, 0.717) is 11.4 Å². The zero-order valence-electron chi connectivity index (χ0n) is 32.7. The molecule has 0 aliphatic rings. The molecule has 0 unspecified atom stereocenters. The number of aromatic nitrogens is 2. The van der Waals surface area contributed by atoms with E-state index in [1.54, 1.807) is 0 Å². The molecule has 0 bridgehead atoms. The first-order chi connectivity index (χ1) is 30.1. The first-order valence-corrected chi connectivity index (χ1v) is 20.2. The molecule has 4 nitrogen and oxygen atoms in total. The maximum absolute atomic E-state index is 17.2. The summed E-state index contributed by atoms with van der Waals surface area (Å²) in [5.74, 6) is -0.855. The van der Waals surface area contributed by atoms with Crippen LogP contribution in [-0.2, 0) is 0 Å². The Bertz CT molecular complexity index is 3160. The van der Waals surface area contributed by atoms with Crippen LogP contribution in [0.15, 0.2) is 200 Å². The fourth-order valence-corrected chi connectivity index (χ4v) is 9.00. The monoisotopic (exact) mass is 780 g/mol. The Hall–Kier alpha value is -8.51. The molecule has 0 aliphatic heterocycles. The lowest BCUT2D eigenvalue weighted by Crippen LogP contribution is -2.08. The van der Waals surface area contributed by atoms with Crippen LogP contribution in [0.1, 0.15) is 11.1 Å². The third-order valence-electron chi connectivity index (χ3n) is 11.9. The number of halogens is 1. The first-order valence-electron chi connectivity index (χ1n) is 20.2. The molecule has 0 saturated heterocycles. The molecule has 0 radical (unpaired) electrons. The molecular formula is C56H33FN4. The van der Waals surface area contributed by atoms with E-state index >= 15 is 4.39 Å². The molecule has 0 amide bonds. The molecule has 9 aromatic carbocycles. The summed E-state index contributed by atoms with van der Waals surface area (Å²) in [7, 11) is 0. The van der Waals surface area contributed by atoms with Crippen molar-refractivity contribution in [3.8, 4) is 68.0 Å². The van der Waals surface area contributed by atoms with Gasteiger partial charge in [-0.3, -0.25) is 0 Å². The second kappa shape index (κ2) is 14.4. The van der Waals surface area contributed by atoms with Crippen LogP contribution in [-0.4, -0.2) is 9.13 Å². The van der Waals surface area contributed by atoms with Crippen LogP contribution in [0, 0.1) is 28.5 Å². The van der Waals surface area contributed by atoms with Gasteiger partial charge in [-0.05, 0) is 99.1 Å². The van der Waals surface area contributed by atoms with Gasteiger partial charge in [-0.25, -0.2) is 4.39 Å². The molecule has 11 aromatic rings. The summed E-state index contributed by atoms with van der Waals surface area (Å²) in [5.41, 5.74) is 12.0. The van der Waals surface area contributed by atoms with Gasteiger partial charge in [-0.1, -0.05) is 146 Å². The van der Waals surface area contributed by atoms with E-state index in [1.165, 1.54) is 0 Å². The quantitative estimate of drug-likeness (QED) is 0.169. The minimum atomic E-state index is -0.855. The van der Waals surface area contributed by atoms with Crippen molar-refractivity contribution in [3.05, 3.63) is 217 Å². The van der Waals surface area contributed by atoms with Gasteiger partial charge in [0.2, 0.25) is 0 Å². The van der Waals surface area contributed by atoms with Crippen molar-refractivity contribution in [2.75, 3.05) is 0 Å². The molecule has 11 rings (SSSR count). The number of hydrogen-bond acceptors (Lipinski definition) is 2. The van der Waals surface area contributed by atoms with Crippen molar-refractivity contribution in [2.45, 2.75) is 0 Å². The van der Waals surface area contributed by atoms with Crippen molar-refractivity contribution in [3.63, 3.8) is 0 Å². The van der Waals surface area contributed by atoms with Crippen LogP contribution in [0.3, 0.4) is 0 Å². The Labute approximate surface area is 351 Å². The summed E-state index contributed by atoms with van der Waals surface area (Å²) in [4.78, 5) is 0. The molecule has 0 saturated carbocycles. The largest absolute Gasteiger partial charge is 0.308 e. The Morgan fingerprint density at radius 3 is 0.820 bits per heavy atom. The van der Waals surface area contributed by atoms with Gasteiger partial charge in [0.1, 0.15) is 23.3 Å². The maximum Gasteiger partial charge on any atom is 0.162 e. The van der Waals surface area contributed by atoms with E-state index in [0.717, 1.165) is 88.1 Å². The van der Waals surface area contributed by atoms with Gasteiger partial charge in [0.25, 0.3) is 0 Å². The van der Waals surface area contributed by atoms with Crippen LogP contribution in [0.5, 0.6) is 0 Å². The number of nitriles is 2. The SMILES string of the molecule is N#Cc1c(-n2c3ccc(-c4ccccc4)cc3c3cc(-c4ccccc4)ccc32)cc(-n2c3ccc(-c4ccccc4)cc3c3cc(-c4ccccc4)ccc32)c(C#N)c1F. The minimum Gasteiger partial charge on any atom is -0.308 e. The van der Waals surface area contributed by atoms with Gasteiger partial charge in [-0.15, -0.1) is 0 Å². The number of nitrogens with zero attached hydrogens (tertiary/aromatic N) is 4. The zero-order chi connectivity index (χ0) is 41.0. The third kappa shape index (κ3) is 5.80. The van der Waals surface area contributed by atoms with Crippen molar-refractivity contribution >= 4 is 43.6 Å². The van der Waals surface area contributed by atoms with Crippen LogP contribution in [0.25, 0.3) is 99.5 Å². The van der Waals surface area contributed by atoms with Crippen LogP contribution >= 0.6 is 0 Å². The van der Waals surface area contributed by atoms with Crippen molar-refractivity contribution in [1.29, 1.82) is 10.5 Å². The highest BCUT2D eigenvalue weighted by Crippen LogP contribution is 2.42. The standard InChI is InChI=1S/C56H33FN4/c57-56-48(34-58)54(60-50-25-21-40(36-13-5-1-6-14-36)29-44(50)45-30-41(22-26-51(45)60)37-15-7-2-8-16-37)33-55(49(56)35-59)61-52-27-23-42(38-17-9-3-10-18-38)31-46(52)47-32-43(24-28-53(47)61)39-19-11-4-12-20-39/h1-33H. The average Bonchev–Trinajstić information content (AvgIpc) is 3.83. The van der Waals surface area contributed by atoms with E-state index in [4.69, 9.17) is 0 Å². The molecule has 2 aromatic heterocycles. The number of rotatable bonds is 6. The van der Waals surface area contributed by atoms with Gasteiger partial charge in [0.15, 0.2) is 5.82 Å². The maximum atomic E-state index is 17.2. The second-order valence-electron chi connectivity index (χ2n) is 15.3. The number of benzene rings is 9. The molecular weight excluding hydrogens is 748 g/mol.